The fourth-order valence-corrected chi connectivity index (χ4v) is 1.91. The Balaban J connectivity index is 2.64. The first kappa shape index (κ1) is 12.0. The van der Waals surface area contributed by atoms with Crippen LogP contribution in [0.2, 0.25) is 0 Å². The second kappa shape index (κ2) is 5.72. The molecule has 0 bridgehead atoms. The fourth-order valence-electron chi connectivity index (χ4n) is 1.91. The summed E-state index contributed by atoms with van der Waals surface area (Å²) in [6, 6.07) is 4.50. The Bertz CT molecular complexity index is 316. The molecule has 0 spiro atoms. The van der Waals surface area contributed by atoms with Crippen LogP contribution in [-0.4, -0.2) is 6.54 Å². The number of nitrogens with one attached hydrogen (secondary N) is 1. The average molecular weight is 203 g/mol. The SMILES string of the molecule is C=CCCNCc1c(C)cc(C)cc1C. The average Bonchev–Trinajstić information content (AvgIpc) is 2.15. The van der Waals surface area contributed by atoms with Crippen molar-refractivity contribution >= 4 is 0 Å². The van der Waals surface area contributed by atoms with E-state index in [4.69, 9.17) is 0 Å². The third-order valence-corrected chi connectivity index (χ3v) is 2.67. The first-order valence-electron chi connectivity index (χ1n) is 5.53. The lowest BCUT2D eigenvalue weighted by atomic mass is 10.00. The Labute approximate surface area is 93.2 Å². The van der Waals surface area contributed by atoms with E-state index in [1.807, 2.05) is 6.08 Å². The Hall–Kier alpha value is -1.08. The summed E-state index contributed by atoms with van der Waals surface area (Å²) in [5, 5.41) is 3.43. The van der Waals surface area contributed by atoms with Crippen LogP contribution in [0.25, 0.3) is 0 Å². The lowest BCUT2D eigenvalue weighted by molar-refractivity contribution is 0.690. The summed E-state index contributed by atoms with van der Waals surface area (Å²) >= 11 is 0. The molecule has 0 aliphatic rings. The summed E-state index contributed by atoms with van der Waals surface area (Å²) < 4.78 is 0. The molecule has 0 heterocycles. The molecule has 0 saturated carbocycles. The number of hydrogen-bond donors (Lipinski definition) is 1. The van der Waals surface area contributed by atoms with Crippen LogP contribution in [0.3, 0.4) is 0 Å². The first-order valence-corrected chi connectivity index (χ1v) is 5.53. The molecule has 1 aromatic rings. The molecule has 0 aliphatic heterocycles. The predicted molar refractivity (Wildman–Crippen MR) is 67.2 cm³/mol. The zero-order valence-corrected chi connectivity index (χ0v) is 10.1. The molecule has 0 saturated heterocycles. The summed E-state index contributed by atoms with van der Waals surface area (Å²) in [6.45, 7) is 12.2. The van der Waals surface area contributed by atoms with Crippen molar-refractivity contribution in [2.75, 3.05) is 6.54 Å². The van der Waals surface area contributed by atoms with Crippen molar-refractivity contribution in [3.63, 3.8) is 0 Å². The molecule has 1 aromatic carbocycles. The second-order valence-corrected chi connectivity index (χ2v) is 4.13. The molecule has 1 rings (SSSR count). The molecule has 1 N–H and O–H groups in total. The van der Waals surface area contributed by atoms with E-state index in [1.54, 1.807) is 0 Å². The van der Waals surface area contributed by atoms with Crippen LogP contribution in [0.15, 0.2) is 24.8 Å². The number of aryl methyl sites for hydroxylation is 3. The molecule has 0 amide bonds. The van der Waals surface area contributed by atoms with Crippen LogP contribution in [0, 0.1) is 20.8 Å². The molecule has 1 nitrogen and oxygen atoms in total. The van der Waals surface area contributed by atoms with Gasteiger partial charge in [0.2, 0.25) is 0 Å². The Morgan fingerprint density at radius 1 is 1.20 bits per heavy atom. The van der Waals surface area contributed by atoms with Gasteiger partial charge in [-0.25, -0.2) is 0 Å². The minimum Gasteiger partial charge on any atom is -0.312 e. The fraction of sp³-hybridized carbons (Fsp3) is 0.429. The van der Waals surface area contributed by atoms with Crippen LogP contribution in [0.1, 0.15) is 28.7 Å². The van der Waals surface area contributed by atoms with Gasteiger partial charge in [-0.05, 0) is 50.4 Å². The molecule has 15 heavy (non-hydrogen) atoms. The third kappa shape index (κ3) is 3.52. The van der Waals surface area contributed by atoms with Crippen molar-refractivity contribution in [2.45, 2.75) is 33.7 Å². The maximum absolute atomic E-state index is 3.71. The Morgan fingerprint density at radius 3 is 2.33 bits per heavy atom. The van der Waals surface area contributed by atoms with Gasteiger partial charge < -0.3 is 5.32 Å². The molecule has 82 valence electrons. The molecular weight excluding hydrogens is 182 g/mol. The van der Waals surface area contributed by atoms with Gasteiger partial charge in [0.1, 0.15) is 0 Å². The summed E-state index contributed by atoms with van der Waals surface area (Å²) in [7, 11) is 0. The van der Waals surface area contributed by atoms with Crippen molar-refractivity contribution < 1.29 is 0 Å². The van der Waals surface area contributed by atoms with Crippen molar-refractivity contribution in [3.8, 4) is 0 Å². The van der Waals surface area contributed by atoms with Crippen molar-refractivity contribution in [3.05, 3.63) is 47.0 Å². The minimum absolute atomic E-state index is 0.964. The van der Waals surface area contributed by atoms with Crippen molar-refractivity contribution in [1.82, 2.24) is 5.32 Å². The Morgan fingerprint density at radius 2 is 1.80 bits per heavy atom. The van der Waals surface area contributed by atoms with Crippen LogP contribution in [0.4, 0.5) is 0 Å². The van der Waals surface area contributed by atoms with E-state index >= 15 is 0 Å². The summed E-state index contributed by atoms with van der Waals surface area (Å²) in [4.78, 5) is 0. The molecule has 0 radical (unpaired) electrons. The van der Waals surface area contributed by atoms with Gasteiger partial charge in [-0.3, -0.25) is 0 Å². The van der Waals surface area contributed by atoms with Gasteiger partial charge >= 0.3 is 0 Å². The van der Waals surface area contributed by atoms with Gasteiger partial charge in [0, 0.05) is 6.54 Å². The van der Waals surface area contributed by atoms with Gasteiger partial charge in [-0.1, -0.05) is 23.8 Å². The van der Waals surface area contributed by atoms with Gasteiger partial charge in [0.15, 0.2) is 0 Å². The molecule has 0 fully saturated rings. The standard InChI is InChI=1S/C14H21N/c1-5-6-7-15-10-14-12(3)8-11(2)9-13(14)4/h5,8-9,15H,1,6-7,10H2,2-4H3. The summed E-state index contributed by atoms with van der Waals surface area (Å²) in [5.74, 6) is 0. The largest absolute Gasteiger partial charge is 0.312 e. The van der Waals surface area contributed by atoms with Gasteiger partial charge in [0.25, 0.3) is 0 Å². The molecule has 0 atom stereocenters. The van der Waals surface area contributed by atoms with Crippen molar-refractivity contribution in [2.24, 2.45) is 0 Å². The highest BCUT2D eigenvalue weighted by Crippen LogP contribution is 2.15. The predicted octanol–water partition coefficient (Wildman–Crippen LogP) is 3.28. The van der Waals surface area contributed by atoms with Crippen molar-refractivity contribution in [1.29, 1.82) is 0 Å². The first-order chi connectivity index (χ1) is 7.15. The lowest BCUT2D eigenvalue weighted by Crippen LogP contribution is -2.15. The minimum atomic E-state index is 0.964. The highest BCUT2D eigenvalue weighted by molar-refractivity contribution is 5.37. The van der Waals surface area contributed by atoms with E-state index in [1.165, 1.54) is 22.3 Å². The maximum atomic E-state index is 3.71. The van der Waals surface area contributed by atoms with Gasteiger partial charge in [-0.15, -0.1) is 6.58 Å². The molecule has 1 heteroatoms. The highest BCUT2D eigenvalue weighted by Gasteiger charge is 2.02. The molecule has 0 aliphatic carbocycles. The zero-order chi connectivity index (χ0) is 11.3. The van der Waals surface area contributed by atoms with E-state index in [0.29, 0.717) is 0 Å². The van der Waals surface area contributed by atoms with Crippen LogP contribution in [0.5, 0.6) is 0 Å². The maximum Gasteiger partial charge on any atom is 0.0210 e. The number of rotatable bonds is 5. The monoisotopic (exact) mass is 203 g/mol. The quantitative estimate of drug-likeness (QED) is 0.572. The third-order valence-electron chi connectivity index (χ3n) is 2.67. The lowest BCUT2D eigenvalue weighted by Gasteiger charge is -2.11. The van der Waals surface area contributed by atoms with E-state index < -0.39 is 0 Å². The molecule has 0 aromatic heterocycles. The van der Waals surface area contributed by atoms with Gasteiger partial charge in [-0.2, -0.15) is 0 Å². The molecular formula is C14H21N. The van der Waals surface area contributed by atoms with Gasteiger partial charge in [0.05, 0.1) is 0 Å². The Kier molecular flexibility index (Phi) is 4.57. The van der Waals surface area contributed by atoms with E-state index in [2.05, 4.69) is 44.8 Å². The smallest absolute Gasteiger partial charge is 0.0210 e. The zero-order valence-electron chi connectivity index (χ0n) is 10.1. The highest BCUT2D eigenvalue weighted by atomic mass is 14.8. The number of hydrogen-bond acceptors (Lipinski definition) is 1. The normalized spacial score (nSPS) is 10.3. The topological polar surface area (TPSA) is 12.0 Å². The second-order valence-electron chi connectivity index (χ2n) is 4.13. The van der Waals surface area contributed by atoms with Crippen LogP contribution >= 0.6 is 0 Å². The van der Waals surface area contributed by atoms with Crippen LogP contribution < -0.4 is 5.32 Å². The van der Waals surface area contributed by atoms with E-state index in [9.17, 15) is 0 Å². The van der Waals surface area contributed by atoms with E-state index in [-0.39, 0.29) is 0 Å². The number of benzene rings is 1. The van der Waals surface area contributed by atoms with E-state index in [0.717, 1.165) is 19.5 Å². The molecule has 0 unspecified atom stereocenters. The summed E-state index contributed by atoms with van der Waals surface area (Å²) in [5.41, 5.74) is 5.56. The summed E-state index contributed by atoms with van der Waals surface area (Å²) in [6.07, 6.45) is 2.98. The van der Waals surface area contributed by atoms with Crippen LogP contribution in [-0.2, 0) is 6.54 Å².